The van der Waals surface area contributed by atoms with Gasteiger partial charge in [0.15, 0.2) is 5.11 Å². The number of halogens is 1. The molecule has 0 radical (unpaired) electrons. The molecule has 1 N–H and O–H groups in total. The Morgan fingerprint density at radius 3 is 2.50 bits per heavy atom. The fourth-order valence-corrected chi connectivity index (χ4v) is 2.87. The van der Waals surface area contributed by atoms with Crippen molar-refractivity contribution in [3.05, 3.63) is 70.4 Å². The van der Waals surface area contributed by atoms with Crippen LogP contribution in [-0.2, 0) is 20.9 Å². The van der Waals surface area contributed by atoms with Crippen LogP contribution in [0.25, 0.3) is 6.08 Å². The molecule has 3 rings (SSSR count). The van der Waals surface area contributed by atoms with Crippen LogP contribution < -0.4 is 10.1 Å². The van der Waals surface area contributed by atoms with Crippen molar-refractivity contribution in [3.63, 3.8) is 0 Å². The van der Waals surface area contributed by atoms with E-state index in [1.54, 1.807) is 6.08 Å². The van der Waals surface area contributed by atoms with E-state index in [0.29, 0.717) is 23.1 Å². The first-order valence-corrected chi connectivity index (χ1v) is 9.13. The molecule has 0 saturated carbocycles. The second kappa shape index (κ2) is 8.86. The lowest BCUT2D eigenvalue weighted by Gasteiger charge is -2.11. The Hall–Kier alpha value is -2.90. The van der Waals surface area contributed by atoms with Crippen LogP contribution in [0, 0.1) is 0 Å². The minimum Gasteiger partial charge on any atom is -0.489 e. The van der Waals surface area contributed by atoms with E-state index in [1.165, 1.54) is 7.11 Å². The molecule has 1 saturated heterocycles. The van der Waals surface area contributed by atoms with Crippen LogP contribution in [-0.4, -0.2) is 35.5 Å². The summed E-state index contributed by atoms with van der Waals surface area (Å²) in [4.78, 5) is 24.9. The molecule has 1 aliphatic rings. The zero-order valence-corrected chi connectivity index (χ0v) is 16.5. The number of benzene rings is 2. The van der Waals surface area contributed by atoms with Gasteiger partial charge in [-0.2, -0.15) is 0 Å². The lowest BCUT2D eigenvalue weighted by atomic mass is 10.2. The maximum Gasteiger partial charge on any atom is 0.325 e. The number of amides is 1. The molecule has 144 valence electrons. The minimum atomic E-state index is -0.541. The van der Waals surface area contributed by atoms with Gasteiger partial charge in [0.25, 0.3) is 5.91 Å². The second-order valence-electron chi connectivity index (χ2n) is 5.94. The van der Waals surface area contributed by atoms with Crippen LogP contribution in [0.4, 0.5) is 0 Å². The predicted octanol–water partition coefficient (Wildman–Crippen LogP) is 3.15. The average molecular weight is 417 g/mol. The summed E-state index contributed by atoms with van der Waals surface area (Å²) >= 11 is 11.0. The molecule has 2 aromatic rings. The van der Waals surface area contributed by atoms with Crippen LogP contribution in [0.2, 0.25) is 5.02 Å². The monoisotopic (exact) mass is 416 g/mol. The maximum atomic E-state index is 12.4. The summed E-state index contributed by atoms with van der Waals surface area (Å²) in [6, 6.07) is 14.7. The quantitative estimate of drug-likeness (QED) is 0.443. The Labute approximate surface area is 172 Å². The molecule has 0 atom stereocenters. The van der Waals surface area contributed by atoms with E-state index in [2.05, 4.69) is 10.1 Å². The van der Waals surface area contributed by atoms with Crippen molar-refractivity contribution in [1.29, 1.82) is 0 Å². The van der Waals surface area contributed by atoms with Crippen LogP contribution >= 0.6 is 23.8 Å². The van der Waals surface area contributed by atoms with Gasteiger partial charge in [-0.15, -0.1) is 0 Å². The minimum absolute atomic E-state index is 0.171. The lowest BCUT2D eigenvalue weighted by molar-refractivity contribution is -0.143. The average Bonchev–Trinajstić information content (AvgIpc) is 2.96. The van der Waals surface area contributed by atoms with Crippen molar-refractivity contribution in [2.75, 3.05) is 13.7 Å². The number of carbonyl (C=O) groups is 2. The standard InChI is InChI=1S/C20H17ClN2O4S/c1-26-18(24)11-23-19(25)17(22-20(23)28)10-13-4-8-16(9-5-13)27-12-14-2-6-15(21)7-3-14/h2-10H,11-12H2,1H3,(H,22,28)/b17-10-. The summed E-state index contributed by atoms with van der Waals surface area (Å²) in [6.45, 7) is 0.199. The molecular weight excluding hydrogens is 400 g/mol. The maximum absolute atomic E-state index is 12.4. The topological polar surface area (TPSA) is 67.9 Å². The highest BCUT2D eigenvalue weighted by Crippen LogP contribution is 2.19. The van der Waals surface area contributed by atoms with Crippen molar-refractivity contribution in [2.24, 2.45) is 0 Å². The van der Waals surface area contributed by atoms with Crippen LogP contribution in [0.1, 0.15) is 11.1 Å². The molecule has 0 aliphatic carbocycles. The Balaban J connectivity index is 1.63. The number of rotatable bonds is 6. The third-order valence-electron chi connectivity index (χ3n) is 3.99. The lowest BCUT2D eigenvalue weighted by Crippen LogP contribution is -2.35. The number of methoxy groups -OCH3 is 1. The van der Waals surface area contributed by atoms with E-state index >= 15 is 0 Å². The molecule has 0 unspecified atom stereocenters. The summed E-state index contributed by atoms with van der Waals surface area (Å²) in [5.74, 6) is -0.218. The van der Waals surface area contributed by atoms with Gasteiger partial charge in [-0.3, -0.25) is 14.5 Å². The zero-order chi connectivity index (χ0) is 20.1. The normalized spacial score (nSPS) is 14.9. The summed E-state index contributed by atoms with van der Waals surface area (Å²) in [5.41, 5.74) is 2.09. The number of thiocarbonyl (C=S) groups is 1. The van der Waals surface area contributed by atoms with Gasteiger partial charge in [-0.05, 0) is 53.7 Å². The van der Waals surface area contributed by atoms with Gasteiger partial charge < -0.3 is 14.8 Å². The molecule has 1 heterocycles. The third kappa shape index (κ3) is 4.88. The fraction of sp³-hybridized carbons (Fsp3) is 0.150. The van der Waals surface area contributed by atoms with Crippen LogP contribution in [0.3, 0.4) is 0 Å². The van der Waals surface area contributed by atoms with Crippen LogP contribution in [0.15, 0.2) is 54.2 Å². The fourth-order valence-electron chi connectivity index (χ4n) is 2.48. The Morgan fingerprint density at radius 1 is 1.18 bits per heavy atom. The molecule has 6 nitrogen and oxygen atoms in total. The third-order valence-corrected chi connectivity index (χ3v) is 4.56. The highest BCUT2D eigenvalue weighted by molar-refractivity contribution is 7.80. The summed E-state index contributed by atoms with van der Waals surface area (Å²) in [7, 11) is 1.26. The molecule has 0 bridgehead atoms. The summed E-state index contributed by atoms with van der Waals surface area (Å²) in [5, 5.41) is 3.67. The van der Waals surface area contributed by atoms with Gasteiger partial charge >= 0.3 is 5.97 Å². The number of nitrogens with one attached hydrogen (secondary N) is 1. The highest BCUT2D eigenvalue weighted by Gasteiger charge is 2.32. The van der Waals surface area contributed by atoms with Gasteiger partial charge in [0.1, 0.15) is 24.6 Å². The van der Waals surface area contributed by atoms with Gasteiger partial charge in [-0.1, -0.05) is 35.9 Å². The SMILES string of the molecule is COC(=O)CN1C(=O)/C(=C/c2ccc(OCc3ccc(Cl)cc3)cc2)NC1=S. The summed E-state index contributed by atoms with van der Waals surface area (Å²) in [6.07, 6.45) is 1.66. The zero-order valence-electron chi connectivity index (χ0n) is 15.0. The number of hydrogen-bond acceptors (Lipinski definition) is 5. The van der Waals surface area contributed by atoms with Gasteiger partial charge in [0.2, 0.25) is 0 Å². The molecule has 0 spiro atoms. The Morgan fingerprint density at radius 2 is 1.86 bits per heavy atom. The number of ether oxygens (including phenoxy) is 2. The molecule has 8 heteroatoms. The van der Waals surface area contributed by atoms with Crippen molar-refractivity contribution in [3.8, 4) is 5.75 Å². The van der Waals surface area contributed by atoms with Crippen molar-refractivity contribution < 1.29 is 19.1 Å². The molecule has 1 fully saturated rings. The molecule has 0 aromatic heterocycles. The first-order chi connectivity index (χ1) is 13.5. The van der Waals surface area contributed by atoms with Gasteiger partial charge in [0.05, 0.1) is 7.11 Å². The Kier molecular flexibility index (Phi) is 6.28. The van der Waals surface area contributed by atoms with Gasteiger partial charge in [0, 0.05) is 5.02 Å². The van der Waals surface area contributed by atoms with Crippen molar-refractivity contribution in [1.82, 2.24) is 10.2 Å². The van der Waals surface area contributed by atoms with Gasteiger partial charge in [-0.25, -0.2) is 0 Å². The largest absolute Gasteiger partial charge is 0.489 e. The van der Waals surface area contributed by atoms with Crippen LogP contribution in [0.5, 0.6) is 5.75 Å². The highest BCUT2D eigenvalue weighted by atomic mass is 35.5. The van der Waals surface area contributed by atoms with E-state index < -0.39 is 5.97 Å². The first kappa shape index (κ1) is 19.9. The number of esters is 1. The van der Waals surface area contributed by atoms with Crippen molar-refractivity contribution in [2.45, 2.75) is 6.61 Å². The van der Waals surface area contributed by atoms with E-state index in [4.69, 9.17) is 28.6 Å². The van der Waals surface area contributed by atoms with Crippen molar-refractivity contribution >= 4 is 46.9 Å². The van der Waals surface area contributed by atoms with E-state index in [9.17, 15) is 9.59 Å². The molecule has 1 amide bonds. The first-order valence-electron chi connectivity index (χ1n) is 8.35. The number of hydrogen-bond donors (Lipinski definition) is 1. The molecule has 28 heavy (non-hydrogen) atoms. The molecule has 2 aromatic carbocycles. The van der Waals surface area contributed by atoms with E-state index in [1.807, 2.05) is 48.5 Å². The smallest absolute Gasteiger partial charge is 0.325 e. The summed E-state index contributed by atoms with van der Waals surface area (Å²) < 4.78 is 10.3. The number of nitrogens with zero attached hydrogens (tertiary/aromatic N) is 1. The second-order valence-corrected chi connectivity index (χ2v) is 6.76. The molecular formula is C20H17ClN2O4S. The number of carbonyl (C=O) groups excluding carboxylic acids is 2. The molecule has 1 aliphatic heterocycles. The van der Waals surface area contributed by atoms with E-state index in [0.717, 1.165) is 16.0 Å². The van der Waals surface area contributed by atoms with E-state index in [-0.39, 0.29) is 17.6 Å². The predicted molar refractivity (Wildman–Crippen MR) is 110 cm³/mol. The Bertz CT molecular complexity index is 926.